The summed E-state index contributed by atoms with van der Waals surface area (Å²) >= 11 is 0. The number of hydrogen-bond acceptors (Lipinski definition) is 2. The molecule has 0 saturated carbocycles. The number of carbonyl (C=O) groups excluding carboxylic acids is 1. The van der Waals surface area contributed by atoms with Gasteiger partial charge in [0, 0.05) is 18.8 Å². The topological polar surface area (TPSA) is 46.3 Å². The molecular formula is C13H20N2O. The van der Waals surface area contributed by atoms with E-state index in [4.69, 9.17) is 5.73 Å². The molecule has 0 aliphatic rings. The molecule has 0 aliphatic carbocycles. The fraction of sp³-hybridized carbons (Fsp3) is 0.462. The van der Waals surface area contributed by atoms with Crippen molar-refractivity contribution in [2.24, 2.45) is 0 Å². The van der Waals surface area contributed by atoms with E-state index in [9.17, 15) is 4.79 Å². The van der Waals surface area contributed by atoms with Gasteiger partial charge in [-0.1, -0.05) is 6.07 Å². The van der Waals surface area contributed by atoms with Crippen LogP contribution in [0.4, 0.5) is 5.69 Å². The summed E-state index contributed by atoms with van der Waals surface area (Å²) in [5.41, 5.74) is 9.33. The van der Waals surface area contributed by atoms with Crippen LogP contribution in [0.1, 0.15) is 35.3 Å². The van der Waals surface area contributed by atoms with Gasteiger partial charge in [0.25, 0.3) is 5.91 Å². The average Bonchev–Trinajstić information content (AvgIpc) is 2.27. The van der Waals surface area contributed by atoms with Gasteiger partial charge in [0.05, 0.1) is 5.56 Å². The molecule has 1 aromatic carbocycles. The molecule has 0 aromatic heterocycles. The van der Waals surface area contributed by atoms with Gasteiger partial charge in [0.15, 0.2) is 0 Å². The number of rotatable bonds is 3. The van der Waals surface area contributed by atoms with E-state index in [0.29, 0.717) is 24.3 Å². The molecule has 0 bridgehead atoms. The summed E-state index contributed by atoms with van der Waals surface area (Å²) in [5.74, 6) is 0.0191. The smallest absolute Gasteiger partial charge is 0.255 e. The molecule has 16 heavy (non-hydrogen) atoms. The van der Waals surface area contributed by atoms with Crippen LogP contribution in [-0.2, 0) is 0 Å². The maximum absolute atomic E-state index is 12.1. The van der Waals surface area contributed by atoms with E-state index in [2.05, 4.69) is 0 Å². The number of benzene rings is 1. The van der Waals surface area contributed by atoms with Crippen molar-refractivity contribution in [3.63, 3.8) is 0 Å². The second kappa shape index (κ2) is 5.01. The summed E-state index contributed by atoms with van der Waals surface area (Å²) in [7, 11) is 0. The molecule has 0 spiro atoms. The highest BCUT2D eigenvalue weighted by atomic mass is 16.2. The first kappa shape index (κ1) is 12.6. The van der Waals surface area contributed by atoms with Gasteiger partial charge in [0.2, 0.25) is 0 Å². The van der Waals surface area contributed by atoms with Crippen molar-refractivity contribution >= 4 is 11.6 Å². The van der Waals surface area contributed by atoms with Crippen LogP contribution >= 0.6 is 0 Å². The van der Waals surface area contributed by atoms with Crippen LogP contribution in [0.3, 0.4) is 0 Å². The first-order chi connectivity index (χ1) is 7.52. The lowest BCUT2D eigenvalue weighted by atomic mass is 10.0. The lowest BCUT2D eigenvalue weighted by Crippen LogP contribution is -2.31. The maximum atomic E-state index is 12.1. The highest BCUT2D eigenvalue weighted by Gasteiger charge is 2.16. The minimum absolute atomic E-state index is 0.0191. The number of nitrogens with zero attached hydrogens (tertiary/aromatic N) is 1. The number of nitrogen functional groups attached to an aromatic ring is 1. The minimum Gasteiger partial charge on any atom is -0.398 e. The molecular weight excluding hydrogens is 200 g/mol. The summed E-state index contributed by atoms with van der Waals surface area (Å²) in [6.45, 7) is 9.31. The lowest BCUT2D eigenvalue weighted by Gasteiger charge is -2.20. The van der Waals surface area contributed by atoms with E-state index in [0.717, 1.165) is 11.1 Å². The van der Waals surface area contributed by atoms with Crippen LogP contribution in [-0.4, -0.2) is 23.9 Å². The first-order valence-electron chi connectivity index (χ1n) is 5.67. The Morgan fingerprint density at radius 2 is 1.81 bits per heavy atom. The van der Waals surface area contributed by atoms with E-state index in [1.807, 2.05) is 39.8 Å². The molecule has 0 aliphatic heterocycles. The number of carbonyl (C=O) groups is 1. The third-order valence-corrected chi connectivity index (χ3v) is 3.07. The zero-order valence-corrected chi connectivity index (χ0v) is 10.5. The second-order valence-corrected chi connectivity index (χ2v) is 3.95. The zero-order valence-electron chi connectivity index (χ0n) is 10.5. The molecule has 0 atom stereocenters. The van der Waals surface area contributed by atoms with E-state index in [1.165, 1.54) is 0 Å². The Balaban J connectivity index is 3.14. The van der Waals surface area contributed by atoms with Crippen LogP contribution in [0.25, 0.3) is 0 Å². The lowest BCUT2D eigenvalue weighted by molar-refractivity contribution is 0.0774. The number of aryl methyl sites for hydroxylation is 1. The molecule has 0 saturated heterocycles. The number of nitrogens with two attached hydrogens (primary N) is 1. The zero-order chi connectivity index (χ0) is 12.3. The normalized spacial score (nSPS) is 10.2. The van der Waals surface area contributed by atoms with Gasteiger partial charge in [-0.3, -0.25) is 4.79 Å². The van der Waals surface area contributed by atoms with E-state index in [-0.39, 0.29) is 5.91 Å². The maximum Gasteiger partial charge on any atom is 0.255 e. The summed E-state index contributed by atoms with van der Waals surface area (Å²) in [6.07, 6.45) is 0. The van der Waals surface area contributed by atoms with E-state index >= 15 is 0 Å². The molecule has 2 N–H and O–H groups in total. The van der Waals surface area contributed by atoms with Crippen molar-refractivity contribution in [2.45, 2.75) is 27.7 Å². The Morgan fingerprint density at radius 3 is 2.31 bits per heavy atom. The van der Waals surface area contributed by atoms with Crippen molar-refractivity contribution in [1.29, 1.82) is 0 Å². The molecule has 0 heterocycles. The highest BCUT2D eigenvalue weighted by Crippen LogP contribution is 2.21. The predicted molar refractivity (Wildman–Crippen MR) is 67.6 cm³/mol. The Morgan fingerprint density at radius 1 is 1.25 bits per heavy atom. The summed E-state index contributed by atoms with van der Waals surface area (Å²) in [6, 6.07) is 3.76. The quantitative estimate of drug-likeness (QED) is 0.795. The molecule has 1 amide bonds. The standard InChI is InChI=1S/C13H20N2O/c1-5-15(6-2)13(16)11-8-7-9(3)10(4)12(11)14/h7-8H,5-6,14H2,1-4H3. The molecule has 1 aromatic rings. The molecule has 3 nitrogen and oxygen atoms in total. The van der Waals surface area contributed by atoms with Gasteiger partial charge < -0.3 is 10.6 Å². The van der Waals surface area contributed by atoms with Gasteiger partial charge in [-0.15, -0.1) is 0 Å². The van der Waals surface area contributed by atoms with Crippen LogP contribution in [0.15, 0.2) is 12.1 Å². The minimum atomic E-state index is 0.0191. The molecule has 0 unspecified atom stereocenters. The Labute approximate surface area is 97.2 Å². The van der Waals surface area contributed by atoms with Gasteiger partial charge >= 0.3 is 0 Å². The number of anilines is 1. The average molecular weight is 220 g/mol. The largest absolute Gasteiger partial charge is 0.398 e. The van der Waals surface area contributed by atoms with Crippen molar-refractivity contribution in [1.82, 2.24) is 4.90 Å². The predicted octanol–water partition coefficient (Wildman–Crippen LogP) is 2.37. The van der Waals surface area contributed by atoms with Crippen LogP contribution in [0.5, 0.6) is 0 Å². The van der Waals surface area contributed by atoms with E-state index in [1.54, 1.807) is 4.90 Å². The monoisotopic (exact) mass is 220 g/mol. The van der Waals surface area contributed by atoms with E-state index < -0.39 is 0 Å². The fourth-order valence-electron chi connectivity index (χ4n) is 1.71. The van der Waals surface area contributed by atoms with Crippen molar-refractivity contribution < 1.29 is 4.79 Å². The van der Waals surface area contributed by atoms with Crippen molar-refractivity contribution in [3.8, 4) is 0 Å². The SMILES string of the molecule is CCN(CC)C(=O)c1ccc(C)c(C)c1N. The van der Waals surface area contributed by atoms with Crippen LogP contribution in [0, 0.1) is 13.8 Å². The highest BCUT2D eigenvalue weighted by molar-refractivity contribution is 5.99. The first-order valence-corrected chi connectivity index (χ1v) is 5.67. The van der Waals surface area contributed by atoms with Crippen molar-refractivity contribution in [3.05, 3.63) is 28.8 Å². The van der Waals surface area contributed by atoms with Crippen LogP contribution < -0.4 is 5.73 Å². The molecule has 1 rings (SSSR count). The van der Waals surface area contributed by atoms with Gasteiger partial charge in [0.1, 0.15) is 0 Å². The number of hydrogen-bond donors (Lipinski definition) is 1. The molecule has 88 valence electrons. The van der Waals surface area contributed by atoms with Gasteiger partial charge in [-0.25, -0.2) is 0 Å². The number of amides is 1. The fourth-order valence-corrected chi connectivity index (χ4v) is 1.71. The Kier molecular flexibility index (Phi) is 3.93. The third-order valence-electron chi connectivity index (χ3n) is 3.07. The second-order valence-electron chi connectivity index (χ2n) is 3.95. The summed E-state index contributed by atoms with van der Waals surface area (Å²) in [4.78, 5) is 13.9. The summed E-state index contributed by atoms with van der Waals surface area (Å²) < 4.78 is 0. The molecule has 0 fully saturated rings. The third kappa shape index (κ3) is 2.18. The van der Waals surface area contributed by atoms with Crippen molar-refractivity contribution in [2.75, 3.05) is 18.8 Å². The van der Waals surface area contributed by atoms with Gasteiger partial charge in [-0.05, 0) is 44.9 Å². The van der Waals surface area contributed by atoms with Crippen LogP contribution in [0.2, 0.25) is 0 Å². The molecule has 3 heteroatoms. The van der Waals surface area contributed by atoms with Gasteiger partial charge in [-0.2, -0.15) is 0 Å². The Bertz CT molecular complexity index is 395. The Hall–Kier alpha value is -1.51. The molecule has 0 radical (unpaired) electrons. The summed E-state index contributed by atoms with van der Waals surface area (Å²) in [5, 5.41) is 0.